The van der Waals surface area contributed by atoms with Crippen LogP contribution in [-0.2, 0) is 9.47 Å². The minimum absolute atomic E-state index is 0. The quantitative estimate of drug-likeness (QED) is 0.326. The van der Waals surface area contributed by atoms with E-state index in [2.05, 4.69) is 82.1 Å². The first-order chi connectivity index (χ1) is 5.68. The van der Waals surface area contributed by atoms with Crippen LogP contribution < -0.4 is 0 Å². The van der Waals surface area contributed by atoms with Crippen molar-refractivity contribution in [2.45, 2.75) is 21.8 Å². The summed E-state index contributed by atoms with van der Waals surface area (Å²) < 4.78 is 2.14. The fraction of sp³-hybridized carbons (Fsp3) is 1.00. The fourth-order valence-corrected chi connectivity index (χ4v) is 1.25. The number of quaternary nitrogens is 2. The predicted molar refractivity (Wildman–Crippen MR) is 87.1 cm³/mol. The van der Waals surface area contributed by atoms with Gasteiger partial charge in [-0.2, -0.15) is 0 Å². The molecule has 0 bridgehead atoms. The Morgan fingerprint density at radius 3 is 1.27 bits per heavy atom. The monoisotopic (exact) mass is 483 g/mol. The second-order valence-corrected chi connectivity index (χ2v) is 16.5. The van der Waals surface area contributed by atoms with Crippen LogP contribution in [0, 0.1) is 0 Å². The number of halogens is 2. The summed E-state index contributed by atoms with van der Waals surface area (Å²) in [5, 5.41) is 0. The van der Waals surface area contributed by atoms with Crippen molar-refractivity contribution in [3.63, 3.8) is 0 Å². The maximum atomic E-state index is 2.37. The van der Waals surface area contributed by atoms with Crippen molar-refractivity contribution in [1.29, 1.82) is 0 Å². The minimum atomic E-state index is 0. The van der Waals surface area contributed by atoms with Crippen LogP contribution >= 0.6 is 40.0 Å². The topological polar surface area (TPSA) is 0 Å². The first-order valence-corrected chi connectivity index (χ1v) is 13.2. The Morgan fingerprint density at radius 1 is 0.933 bits per heavy atom. The van der Waals surface area contributed by atoms with Gasteiger partial charge >= 0.3 is 49.4 Å². The first kappa shape index (κ1) is 25.7. The van der Waals surface area contributed by atoms with E-state index in [9.17, 15) is 0 Å². The van der Waals surface area contributed by atoms with E-state index < -0.39 is 0 Å². The predicted octanol–water partition coefficient (Wildman–Crippen LogP) is 3.79. The summed E-state index contributed by atoms with van der Waals surface area (Å²) in [7, 11) is 11.9. The third-order valence-electron chi connectivity index (χ3n) is 1.66. The van der Waals surface area contributed by atoms with Crippen molar-refractivity contribution >= 4 is 40.0 Å². The molecule has 0 spiro atoms. The second kappa shape index (κ2) is 12.4. The second-order valence-electron chi connectivity index (χ2n) is 4.75. The molecule has 0 unspecified atom stereocenters. The van der Waals surface area contributed by atoms with Crippen molar-refractivity contribution in [2.24, 2.45) is 0 Å². The molecular formula is C10H30I2N2V+2. The van der Waals surface area contributed by atoms with Crippen LogP contribution in [0.15, 0.2) is 0 Å². The summed E-state index contributed by atoms with van der Waals surface area (Å²) in [4.78, 5) is 0. The standard InChI is InChI=1S/C8H22N2.2CH4.2HI.V/c1-7-10(5,6)8-9(2,3)4;;;;;/h7-8H2,1-6H3;2*1H4;2*1H;/q+2;;;;;+2/p-2. The van der Waals surface area contributed by atoms with E-state index in [4.69, 9.17) is 0 Å². The molecule has 0 amide bonds. The molecule has 0 radical (unpaired) electrons. The van der Waals surface area contributed by atoms with Gasteiger partial charge in [-0.1, -0.05) is 14.9 Å². The van der Waals surface area contributed by atoms with E-state index >= 15 is 0 Å². The van der Waals surface area contributed by atoms with Gasteiger partial charge in [0, 0.05) is 0 Å². The Morgan fingerprint density at radius 2 is 1.20 bits per heavy atom. The average molecular weight is 483 g/mol. The third-order valence-corrected chi connectivity index (χ3v) is 1.66. The van der Waals surface area contributed by atoms with Crippen molar-refractivity contribution in [3.8, 4) is 0 Å². The zero-order valence-electron chi connectivity index (χ0n) is 9.51. The van der Waals surface area contributed by atoms with Crippen LogP contribution in [0.4, 0.5) is 0 Å². The van der Waals surface area contributed by atoms with Gasteiger partial charge in [-0.05, 0) is 6.92 Å². The van der Waals surface area contributed by atoms with Crippen molar-refractivity contribution in [3.05, 3.63) is 0 Å². The third kappa shape index (κ3) is 25.9. The van der Waals surface area contributed by atoms with Crippen molar-refractivity contribution in [1.82, 2.24) is 0 Å². The molecule has 0 aliphatic carbocycles. The molecule has 0 aliphatic rings. The zero-order chi connectivity index (χ0) is 11.1. The summed E-state index contributed by atoms with van der Waals surface area (Å²) in [6, 6.07) is 0. The van der Waals surface area contributed by atoms with Gasteiger partial charge in [-0.3, -0.25) is 8.97 Å². The molecule has 0 fully saturated rings. The van der Waals surface area contributed by atoms with Crippen LogP contribution in [0.3, 0.4) is 0 Å². The first-order valence-electron chi connectivity index (χ1n) is 4.23. The summed E-state index contributed by atoms with van der Waals surface area (Å²) in [6.07, 6.45) is 0. The Bertz CT molecular complexity index is 125. The molecule has 0 aromatic carbocycles. The maximum absolute atomic E-state index is 2.37. The molecule has 0 rings (SSSR count). The van der Waals surface area contributed by atoms with E-state index in [0.717, 1.165) is 8.97 Å². The van der Waals surface area contributed by atoms with Crippen molar-refractivity contribution < 1.29 is 18.4 Å². The van der Waals surface area contributed by atoms with E-state index in [1.54, 1.807) is 0 Å². The van der Waals surface area contributed by atoms with Gasteiger partial charge in [0.15, 0.2) is 0 Å². The van der Waals surface area contributed by atoms with E-state index in [1.165, 1.54) is 13.2 Å². The Kier molecular flexibility index (Phi) is 21.3. The molecule has 0 aromatic rings. The molecule has 2 nitrogen and oxygen atoms in total. The number of nitrogens with zero attached hydrogens (tertiary/aromatic N) is 2. The summed E-state index contributed by atoms with van der Waals surface area (Å²) in [5.74, 6) is 0. The molecular weight excluding hydrogens is 453 g/mol. The number of hydrogen-bond acceptors (Lipinski definition) is 0. The fourth-order valence-electron chi connectivity index (χ4n) is 1.25. The van der Waals surface area contributed by atoms with Gasteiger partial charge in [-0.25, -0.2) is 0 Å². The van der Waals surface area contributed by atoms with E-state index in [-0.39, 0.29) is 14.9 Å². The Hall–Kier alpha value is 1.96. The molecule has 0 aromatic heterocycles. The van der Waals surface area contributed by atoms with E-state index in [0.29, 0.717) is 9.47 Å². The van der Waals surface area contributed by atoms with Crippen LogP contribution in [0.2, 0.25) is 0 Å². The van der Waals surface area contributed by atoms with Gasteiger partial charge in [0.2, 0.25) is 6.67 Å². The summed E-state index contributed by atoms with van der Waals surface area (Å²) in [5.41, 5.74) is 0. The average Bonchev–Trinajstić information content (AvgIpc) is 1.84. The van der Waals surface area contributed by atoms with Crippen LogP contribution in [0.1, 0.15) is 21.8 Å². The van der Waals surface area contributed by atoms with Gasteiger partial charge in [0.25, 0.3) is 0 Å². The van der Waals surface area contributed by atoms with Gasteiger partial charge in [0.1, 0.15) is 0 Å². The molecule has 0 aliphatic heterocycles. The Balaban J connectivity index is -0.000000108. The SMILES string of the molecule is C.C.CC[N+](C)(C)C[N+](C)(C)C.[I][V][I]. The molecule has 15 heavy (non-hydrogen) atoms. The molecule has 0 N–H and O–H groups in total. The normalized spacial score (nSPS) is 10.1. The molecule has 97 valence electrons. The number of rotatable bonds is 3. The summed E-state index contributed by atoms with van der Waals surface area (Å²) in [6.45, 7) is 4.63. The molecule has 0 saturated carbocycles. The van der Waals surface area contributed by atoms with Gasteiger partial charge < -0.3 is 0 Å². The van der Waals surface area contributed by atoms with Crippen LogP contribution in [0.25, 0.3) is 0 Å². The van der Waals surface area contributed by atoms with Gasteiger partial charge in [0.05, 0.1) is 41.8 Å². The molecule has 0 saturated heterocycles. The molecule has 0 heterocycles. The van der Waals surface area contributed by atoms with Crippen LogP contribution in [-0.4, -0.2) is 57.4 Å². The number of hydrogen-bond donors (Lipinski definition) is 0. The van der Waals surface area contributed by atoms with E-state index in [1.807, 2.05) is 0 Å². The van der Waals surface area contributed by atoms with Gasteiger partial charge in [-0.15, -0.1) is 0 Å². The Labute approximate surface area is 127 Å². The molecule has 5 heteroatoms. The van der Waals surface area contributed by atoms with Crippen molar-refractivity contribution in [2.75, 3.05) is 48.5 Å². The summed E-state index contributed by atoms with van der Waals surface area (Å²) >= 11 is 4.74. The molecule has 0 atom stereocenters. The zero-order valence-corrected chi connectivity index (χ0v) is 15.2. The van der Waals surface area contributed by atoms with Crippen LogP contribution in [0.5, 0.6) is 0 Å².